The molecular formula is C18H47NOSi3. The second kappa shape index (κ2) is 9.32. The van der Waals surface area contributed by atoms with Crippen molar-refractivity contribution in [2.24, 2.45) is 0 Å². The molecule has 2 nitrogen and oxygen atoms in total. The van der Waals surface area contributed by atoms with Crippen molar-refractivity contribution in [3.05, 3.63) is 0 Å². The summed E-state index contributed by atoms with van der Waals surface area (Å²) in [5, 5.41) is 0.884. The average molecular weight is 378 g/mol. The summed E-state index contributed by atoms with van der Waals surface area (Å²) < 4.78 is 7.89. The summed E-state index contributed by atoms with van der Waals surface area (Å²) in [6.07, 6.45) is 1.72. The monoisotopic (exact) mass is 377 g/mol. The van der Waals surface area contributed by atoms with Crippen LogP contribution in [0.5, 0.6) is 0 Å². The summed E-state index contributed by atoms with van der Waals surface area (Å²) in [4.78, 5) is 0. The third kappa shape index (κ3) is 7.55. The zero-order valence-corrected chi connectivity index (χ0v) is 22.8. The Morgan fingerprint density at radius 2 is 1.13 bits per heavy atom. The van der Waals surface area contributed by atoms with Gasteiger partial charge in [0.05, 0.1) is 0 Å². The van der Waals surface area contributed by atoms with Crippen molar-refractivity contribution in [1.29, 1.82) is 0 Å². The normalized spacial score (nSPS) is 14.2. The van der Waals surface area contributed by atoms with Gasteiger partial charge in [-0.3, -0.25) is 0 Å². The minimum atomic E-state index is -1.41. The van der Waals surface area contributed by atoms with Gasteiger partial charge in [-0.25, -0.2) is 0 Å². The van der Waals surface area contributed by atoms with Crippen LogP contribution in [-0.4, -0.2) is 43.8 Å². The molecule has 0 fully saturated rings. The van der Waals surface area contributed by atoms with Crippen molar-refractivity contribution in [3.8, 4) is 0 Å². The molecule has 0 unspecified atom stereocenters. The van der Waals surface area contributed by atoms with Gasteiger partial charge in [-0.05, 0) is 36.9 Å². The van der Waals surface area contributed by atoms with E-state index < -0.39 is 16.5 Å². The van der Waals surface area contributed by atoms with Crippen LogP contribution in [0.25, 0.3) is 0 Å². The van der Waals surface area contributed by atoms with Crippen molar-refractivity contribution in [2.45, 2.75) is 111 Å². The average Bonchev–Trinajstić information content (AvgIpc) is 2.33. The van der Waals surface area contributed by atoms with E-state index in [1.165, 1.54) is 13.0 Å². The first-order valence-electron chi connectivity index (χ1n) is 9.27. The number of nitrogens with zero attached hydrogens (tertiary/aromatic N) is 1. The molecule has 0 aromatic rings. The van der Waals surface area contributed by atoms with Crippen LogP contribution in [0.3, 0.4) is 0 Å². The maximum absolute atomic E-state index is 4.89. The molecule has 0 saturated carbocycles. The van der Waals surface area contributed by atoms with Gasteiger partial charge in [0.1, 0.15) is 27.0 Å². The van der Waals surface area contributed by atoms with E-state index in [0.29, 0.717) is 16.2 Å². The lowest BCUT2D eigenvalue weighted by atomic mass is 10.2. The molecule has 0 rings (SSSR count). The highest BCUT2D eigenvalue weighted by Crippen LogP contribution is 2.46. The molecule has 142 valence electrons. The molecular weight excluding hydrogens is 330 g/mol. The van der Waals surface area contributed by atoms with E-state index in [-0.39, 0.29) is 0 Å². The maximum Gasteiger partial charge on any atom is 0.146 e. The van der Waals surface area contributed by atoms with Gasteiger partial charge >= 0.3 is 0 Å². The smallest absolute Gasteiger partial charge is 0.146 e. The number of hydrogen-bond donors (Lipinski definition) is 0. The molecule has 0 atom stereocenters. The van der Waals surface area contributed by atoms with Crippen LogP contribution < -0.4 is 0 Å². The van der Waals surface area contributed by atoms with Gasteiger partial charge < -0.3 is 8.66 Å². The lowest BCUT2D eigenvalue weighted by Crippen LogP contribution is -2.68. The minimum absolute atomic E-state index is 0.442. The molecule has 0 radical (unpaired) electrons. The quantitative estimate of drug-likeness (QED) is 0.595. The van der Waals surface area contributed by atoms with E-state index in [9.17, 15) is 0 Å². The summed E-state index contributed by atoms with van der Waals surface area (Å²) in [7, 11) is -1.94. The van der Waals surface area contributed by atoms with Gasteiger partial charge in [0.25, 0.3) is 0 Å². The molecule has 0 amide bonds. The highest BCUT2D eigenvalue weighted by Gasteiger charge is 2.51. The van der Waals surface area contributed by atoms with Crippen LogP contribution in [0.2, 0.25) is 36.3 Å². The minimum Gasteiger partial charge on any atom is -0.426 e. The Labute approximate surface area is 153 Å². The summed E-state index contributed by atoms with van der Waals surface area (Å²) >= 11 is 0. The Morgan fingerprint density at radius 1 is 0.870 bits per heavy atom. The molecule has 0 N–H and O–H groups in total. The van der Waals surface area contributed by atoms with E-state index >= 15 is 0 Å². The standard InChI is InChI=1S/C15H37NSi2.C3H10OSi/c1-12-13-16(17(8,9)14(2,3)4)18(10,11)15(5,6)7;1-3(2)4-5/h12-13H2,1-11H3;3H,1-2,5H3. The fourth-order valence-electron chi connectivity index (χ4n) is 2.29. The first-order valence-corrected chi connectivity index (χ1v) is 16.0. The lowest BCUT2D eigenvalue weighted by molar-refractivity contribution is 0.267. The van der Waals surface area contributed by atoms with Crippen LogP contribution in [0.1, 0.15) is 68.7 Å². The van der Waals surface area contributed by atoms with E-state index in [2.05, 4.69) is 78.9 Å². The zero-order valence-electron chi connectivity index (χ0n) is 18.8. The van der Waals surface area contributed by atoms with Crippen LogP contribution in [0, 0.1) is 0 Å². The summed E-state index contributed by atoms with van der Waals surface area (Å²) in [6.45, 7) is 32.6. The summed E-state index contributed by atoms with van der Waals surface area (Å²) in [6, 6.07) is 0. The third-order valence-electron chi connectivity index (χ3n) is 5.94. The van der Waals surface area contributed by atoms with Gasteiger partial charge in [0, 0.05) is 6.10 Å². The molecule has 0 aromatic carbocycles. The second-order valence-corrected chi connectivity index (χ2v) is 21.3. The molecule has 0 aliphatic rings. The van der Waals surface area contributed by atoms with Crippen LogP contribution >= 0.6 is 0 Å². The summed E-state index contributed by atoms with van der Waals surface area (Å²) in [5.74, 6) is 0. The summed E-state index contributed by atoms with van der Waals surface area (Å²) in [5.41, 5.74) is 0. The maximum atomic E-state index is 4.89. The Hall–Kier alpha value is 0.571. The highest BCUT2D eigenvalue weighted by molar-refractivity contribution is 6.93. The van der Waals surface area contributed by atoms with Crippen molar-refractivity contribution in [2.75, 3.05) is 6.54 Å². The zero-order chi connectivity index (χ0) is 19.3. The first-order chi connectivity index (χ1) is 9.96. The van der Waals surface area contributed by atoms with Crippen LogP contribution in [0.15, 0.2) is 0 Å². The van der Waals surface area contributed by atoms with Crippen LogP contribution in [0.4, 0.5) is 0 Å². The topological polar surface area (TPSA) is 12.5 Å². The Kier molecular flexibility index (Phi) is 10.5. The molecule has 0 saturated heterocycles. The molecule has 0 bridgehead atoms. The van der Waals surface area contributed by atoms with Crippen LogP contribution in [-0.2, 0) is 4.43 Å². The van der Waals surface area contributed by atoms with Gasteiger partial charge in [-0.15, -0.1) is 0 Å². The molecule has 0 aliphatic carbocycles. The van der Waals surface area contributed by atoms with Crippen molar-refractivity contribution < 1.29 is 4.43 Å². The number of hydrogen-bond acceptors (Lipinski definition) is 2. The second-order valence-electron chi connectivity index (χ2n) is 10.1. The molecule has 0 spiro atoms. The van der Waals surface area contributed by atoms with E-state index in [0.717, 1.165) is 10.5 Å². The fraction of sp³-hybridized carbons (Fsp3) is 1.00. The molecule has 23 heavy (non-hydrogen) atoms. The first kappa shape index (κ1) is 25.8. The van der Waals surface area contributed by atoms with Gasteiger partial charge in [-0.2, -0.15) is 0 Å². The van der Waals surface area contributed by atoms with Crippen molar-refractivity contribution >= 4 is 27.0 Å². The predicted octanol–water partition coefficient (Wildman–Crippen LogP) is 5.40. The SMILES string of the molecule is CC(C)O[SiH3].CCCN([Si](C)(C)C(C)(C)C)[Si](C)(C)C(C)(C)C. The van der Waals surface area contributed by atoms with Gasteiger partial charge in [-0.1, -0.05) is 74.7 Å². The van der Waals surface area contributed by atoms with Gasteiger partial charge in [0.2, 0.25) is 0 Å². The van der Waals surface area contributed by atoms with E-state index in [4.69, 9.17) is 4.43 Å². The van der Waals surface area contributed by atoms with Gasteiger partial charge in [0.15, 0.2) is 0 Å². The molecule has 0 heterocycles. The van der Waals surface area contributed by atoms with Crippen molar-refractivity contribution in [3.63, 3.8) is 0 Å². The highest BCUT2D eigenvalue weighted by atomic mass is 28.4. The molecule has 0 aromatic heterocycles. The third-order valence-corrected chi connectivity index (χ3v) is 20.7. The largest absolute Gasteiger partial charge is 0.426 e. The van der Waals surface area contributed by atoms with E-state index in [1.807, 2.05) is 13.8 Å². The Balaban J connectivity index is 0. The van der Waals surface area contributed by atoms with Crippen molar-refractivity contribution in [1.82, 2.24) is 4.23 Å². The Bertz CT molecular complexity index is 302. The van der Waals surface area contributed by atoms with E-state index in [1.54, 1.807) is 0 Å². The number of rotatable bonds is 5. The molecule has 0 aliphatic heterocycles. The molecule has 5 heteroatoms. The predicted molar refractivity (Wildman–Crippen MR) is 118 cm³/mol. The Morgan fingerprint density at radius 3 is 1.26 bits per heavy atom. The lowest BCUT2D eigenvalue weighted by Gasteiger charge is -2.57. The fourth-order valence-corrected chi connectivity index (χ4v) is 13.1.